The molecule has 8 nitrogen and oxygen atoms in total. The number of fused-ring (bicyclic) bond motifs is 1. The van der Waals surface area contributed by atoms with Gasteiger partial charge < -0.3 is 19.4 Å². The number of carbonyl (C=O) groups is 1. The normalized spacial score (nSPS) is 16.2. The Morgan fingerprint density at radius 2 is 2.04 bits per heavy atom. The molecule has 1 unspecified atom stereocenters. The Morgan fingerprint density at radius 1 is 1.26 bits per heavy atom. The fourth-order valence-corrected chi connectivity index (χ4v) is 3.56. The largest absolute Gasteiger partial charge is 0.462 e. The second kappa shape index (κ2) is 8.67. The lowest BCUT2D eigenvalue weighted by Gasteiger charge is -2.21. The first-order chi connectivity index (χ1) is 13.0. The van der Waals surface area contributed by atoms with E-state index in [0.717, 1.165) is 49.9 Å². The molecule has 0 aliphatic carbocycles. The summed E-state index contributed by atoms with van der Waals surface area (Å²) in [6, 6.07) is 3.61. The van der Waals surface area contributed by atoms with Gasteiger partial charge in [-0.2, -0.15) is 0 Å². The lowest BCUT2D eigenvalue weighted by Crippen LogP contribution is -2.31. The van der Waals surface area contributed by atoms with Crippen molar-refractivity contribution in [1.29, 1.82) is 0 Å². The van der Waals surface area contributed by atoms with E-state index in [9.17, 15) is 4.79 Å². The molecule has 3 heterocycles. The Hall–Kier alpha value is -2.19. The molecule has 0 radical (unpaired) electrons. The zero-order valence-electron chi connectivity index (χ0n) is 16.3. The van der Waals surface area contributed by atoms with Gasteiger partial charge in [0.1, 0.15) is 24.0 Å². The van der Waals surface area contributed by atoms with Gasteiger partial charge in [-0.25, -0.2) is 0 Å². The molecule has 1 atom stereocenters. The van der Waals surface area contributed by atoms with Crippen molar-refractivity contribution in [2.24, 2.45) is 5.92 Å². The molecule has 2 aromatic heterocycles. The Balaban J connectivity index is 1.71. The molecule has 0 saturated carbocycles. The van der Waals surface area contributed by atoms with Crippen LogP contribution in [0.25, 0.3) is 0 Å². The van der Waals surface area contributed by atoms with Crippen LogP contribution in [0.3, 0.4) is 0 Å². The maximum atomic E-state index is 11.6. The summed E-state index contributed by atoms with van der Waals surface area (Å²) in [6.07, 6.45) is 1.63. The summed E-state index contributed by atoms with van der Waals surface area (Å²) in [5.74, 6) is 3.64. The van der Waals surface area contributed by atoms with E-state index in [1.807, 2.05) is 12.1 Å². The number of nitrogens with one attached hydrogen (secondary N) is 1. The van der Waals surface area contributed by atoms with Crippen molar-refractivity contribution in [2.45, 2.75) is 59.4 Å². The molecule has 3 rings (SSSR count). The van der Waals surface area contributed by atoms with E-state index in [4.69, 9.17) is 9.52 Å². The van der Waals surface area contributed by atoms with Crippen molar-refractivity contribution in [1.82, 2.24) is 25.0 Å². The average molecular weight is 375 g/mol. The van der Waals surface area contributed by atoms with Gasteiger partial charge in [-0.15, -0.1) is 10.2 Å². The van der Waals surface area contributed by atoms with Crippen LogP contribution < -0.4 is 5.32 Å². The molecule has 8 heteroatoms. The minimum absolute atomic E-state index is 0.0502. The lowest BCUT2D eigenvalue weighted by atomic mass is 10.0. The smallest absolute Gasteiger partial charge is 0.217 e. The summed E-state index contributed by atoms with van der Waals surface area (Å²) < 4.78 is 7.77. The minimum Gasteiger partial charge on any atom is -0.462 e. The molecule has 1 aliphatic heterocycles. The van der Waals surface area contributed by atoms with Crippen molar-refractivity contribution in [3.8, 4) is 0 Å². The predicted molar refractivity (Wildman–Crippen MR) is 99.6 cm³/mol. The molecule has 0 fully saturated rings. The predicted octanol–water partition coefficient (Wildman–Crippen LogP) is 1.64. The standard InChI is InChI=1S/C19H29N5O3/c1-13(2)10-17(20-14(3)26)19-22-21-18-6-7-23(8-9-24(18)19)11-15-4-5-16(12-25)27-15/h4-5,13,17,25H,6-12H2,1-3H3,(H,20,26). The second-order valence-corrected chi connectivity index (χ2v) is 7.56. The molecule has 0 saturated heterocycles. The molecular weight excluding hydrogens is 346 g/mol. The number of aromatic nitrogens is 3. The maximum absolute atomic E-state index is 11.6. The first-order valence-electron chi connectivity index (χ1n) is 9.56. The second-order valence-electron chi connectivity index (χ2n) is 7.56. The van der Waals surface area contributed by atoms with Crippen LogP contribution in [0.15, 0.2) is 16.5 Å². The number of amides is 1. The number of aliphatic hydroxyl groups excluding tert-OH is 1. The van der Waals surface area contributed by atoms with E-state index in [2.05, 4.69) is 38.8 Å². The van der Waals surface area contributed by atoms with E-state index >= 15 is 0 Å². The van der Waals surface area contributed by atoms with Gasteiger partial charge in [-0.3, -0.25) is 9.69 Å². The van der Waals surface area contributed by atoms with Crippen molar-refractivity contribution in [2.75, 3.05) is 13.1 Å². The summed E-state index contributed by atoms with van der Waals surface area (Å²) in [5.41, 5.74) is 0. The van der Waals surface area contributed by atoms with Crippen LogP contribution in [0.5, 0.6) is 0 Å². The van der Waals surface area contributed by atoms with E-state index in [1.54, 1.807) is 6.92 Å². The number of hydrogen-bond donors (Lipinski definition) is 2. The zero-order valence-corrected chi connectivity index (χ0v) is 16.3. The van der Waals surface area contributed by atoms with E-state index < -0.39 is 0 Å². The van der Waals surface area contributed by atoms with Crippen LogP contribution in [0.4, 0.5) is 0 Å². The van der Waals surface area contributed by atoms with Crippen LogP contribution in [0.2, 0.25) is 0 Å². The fraction of sp³-hybridized carbons (Fsp3) is 0.632. The van der Waals surface area contributed by atoms with Crippen LogP contribution in [0.1, 0.15) is 56.4 Å². The Morgan fingerprint density at radius 3 is 2.70 bits per heavy atom. The molecule has 148 valence electrons. The van der Waals surface area contributed by atoms with E-state index in [-0.39, 0.29) is 18.6 Å². The van der Waals surface area contributed by atoms with Crippen LogP contribution >= 0.6 is 0 Å². The van der Waals surface area contributed by atoms with Gasteiger partial charge in [0, 0.05) is 33.0 Å². The number of carbonyl (C=O) groups excluding carboxylic acids is 1. The topological polar surface area (TPSA) is 96.4 Å². The number of rotatable bonds is 7. The Labute approximate surface area is 159 Å². The van der Waals surface area contributed by atoms with Gasteiger partial charge in [-0.05, 0) is 24.5 Å². The van der Waals surface area contributed by atoms with Gasteiger partial charge in [0.2, 0.25) is 5.91 Å². The average Bonchev–Trinajstić information content (AvgIpc) is 3.17. The maximum Gasteiger partial charge on any atom is 0.217 e. The highest BCUT2D eigenvalue weighted by Gasteiger charge is 2.25. The van der Waals surface area contributed by atoms with Gasteiger partial charge in [0.25, 0.3) is 0 Å². The van der Waals surface area contributed by atoms with Crippen molar-refractivity contribution in [3.63, 3.8) is 0 Å². The molecule has 0 bridgehead atoms. The molecule has 1 amide bonds. The molecule has 2 aromatic rings. The molecule has 0 spiro atoms. The van der Waals surface area contributed by atoms with E-state index in [0.29, 0.717) is 18.2 Å². The Bertz CT molecular complexity index is 767. The van der Waals surface area contributed by atoms with Crippen molar-refractivity contribution < 1.29 is 14.3 Å². The van der Waals surface area contributed by atoms with E-state index in [1.165, 1.54) is 0 Å². The summed E-state index contributed by atoms with van der Waals surface area (Å²) in [5, 5.41) is 21.0. The number of hydrogen-bond acceptors (Lipinski definition) is 6. The first-order valence-corrected chi connectivity index (χ1v) is 9.56. The van der Waals surface area contributed by atoms with Gasteiger partial charge in [-0.1, -0.05) is 13.8 Å². The van der Waals surface area contributed by atoms with Gasteiger partial charge in [0.15, 0.2) is 5.82 Å². The highest BCUT2D eigenvalue weighted by Crippen LogP contribution is 2.22. The van der Waals surface area contributed by atoms with Crippen LogP contribution in [0, 0.1) is 5.92 Å². The number of aliphatic hydroxyl groups is 1. The molecule has 1 aliphatic rings. The third-order valence-electron chi connectivity index (χ3n) is 4.80. The summed E-state index contributed by atoms with van der Waals surface area (Å²) in [6.45, 7) is 8.93. The van der Waals surface area contributed by atoms with Crippen molar-refractivity contribution in [3.05, 3.63) is 35.3 Å². The summed E-state index contributed by atoms with van der Waals surface area (Å²) in [4.78, 5) is 14.0. The zero-order chi connectivity index (χ0) is 19.4. The number of furan rings is 1. The highest BCUT2D eigenvalue weighted by atomic mass is 16.4. The number of nitrogens with zero attached hydrogens (tertiary/aromatic N) is 4. The van der Waals surface area contributed by atoms with Crippen LogP contribution in [-0.2, 0) is 30.9 Å². The first kappa shape index (κ1) is 19.6. The monoisotopic (exact) mass is 375 g/mol. The summed E-state index contributed by atoms with van der Waals surface area (Å²) >= 11 is 0. The molecule has 2 N–H and O–H groups in total. The fourth-order valence-electron chi connectivity index (χ4n) is 3.56. The van der Waals surface area contributed by atoms with Crippen LogP contribution in [-0.4, -0.2) is 43.8 Å². The Kier molecular flexibility index (Phi) is 6.28. The lowest BCUT2D eigenvalue weighted by molar-refractivity contribution is -0.119. The highest BCUT2D eigenvalue weighted by molar-refractivity contribution is 5.73. The quantitative estimate of drug-likeness (QED) is 0.764. The molecule has 0 aromatic carbocycles. The minimum atomic E-state index is -0.118. The van der Waals surface area contributed by atoms with Gasteiger partial charge >= 0.3 is 0 Å². The third kappa shape index (κ3) is 4.95. The third-order valence-corrected chi connectivity index (χ3v) is 4.80. The molecule has 27 heavy (non-hydrogen) atoms. The SMILES string of the molecule is CC(=O)NC(CC(C)C)c1nnc2n1CCN(Cc1ccc(CO)o1)CC2. The van der Waals surface area contributed by atoms with Gasteiger partial charge in [0.05, 0.1) is 12.6 Å². The van der Waals surface area contributed by atoms with Crippen molar-refractivity contribution >= 4 is 5.91 Å². The summed E-state index contributed by atoms with van der Waals surface area (Å²) in [7, 11) is 0. The molecular formula is C19H29N5O3.